The first-order chi connectivity index (χ1) is 7.97. The molecule has 17 heavy (non-hydrogen) atoms. The molecule has 90 valence electrons. The van der Waals surface area contributed by atoms with Gasteiger partial charge in [-0.3, -0.25) is 0 Å². The van der Waals surface area contributed by atoms with Gasteiger partial charge < -0.3 is 15.1 Å². The Morgan fingerprint density at radius 2 is 1.59 bits per heavy atom. The molecule has 0 radical (unpaired) electrons. The fourth-order valence-electron chi connectivity index (χ4n) is 1.95. The highest BCUT2D eigenvalue weighted by atomic mass is 16.4. The Bertz CT molecular complexity index is 445. The van der Waals surface area contributed by atoms with E-state index in [2.05, 4.69) is 6.92 Å². The molecular formula is C12H13NO4. The number of hydrogen-bond donors (Lipinski definition) is 2. The zero-order valence-corrected chi connectivity index (χ0v) is 9.38. The summed E-state index contributed by atoms with van der Waals surface area (Å²) in [5.41, 5.74) is 0.694. The van der Waals surface area contributed by atoms with Crippen LogP contribution in [0.2, 0.25) is 0 Å². The van der Waals surface area contributed by atoms with E-state index in [4.69, 9.17) is 10.2 Å². The summed E-state index contributed by atoms with van der Waals surface area (Å²) in [5.74, 6) is -1.65. The molecule has 1 aliphatic rings. The third-order valence-electron chi connectivity index (χ3n) is 2.84. The van der Waals surface area contributed by atoms with Crippen molar-refractivity contribution in [1.29, 1.82) is 0 Å². The molecule has 1 aliphatic heterocycles. The van der Waals surface area contributed by atoms with E-state index in [0.717, 1.165) is 13.1 Å². The molecule has 0 atom stereocenters. The fraction of sp³-hybridized carbons (Fsp3) is 0.333. The van der Waals surface area contributed by atoms with Gasteiger partial charge in [0.05, 0.1) is 11.1 Å². The number of carbonyl (C=O) groups is 2. The van der Waals surface area contributed by atoms with Crippen LogP contribution in [0, 0.1) is 5.92 Å². The van der Waals surface area contributed by atoms with Crippen LogP contribution < -0.4 is 4.90 Å². The molecule has 5 nitrogen and oxygen atoms in total. The van der Waals surface area contributed by atoms with Gasteiger partial charge in [-0.25, -0.2) is 9.59 Å². The molecule has 0 aliphatic carbocycles. The first-order valence-electron chi connectivity index (χ1n) is 5.34. The number of anilines is 1. The summed E-state index contributed by atoms with van der Waals surface area (Å²) in [6, 6.07) is 4.21. The van der Waals surface area contributed by atoms with E-state index in [1.54, 1.807) is 0 Å². The van der Waals surface area contributed by atoms with Gasteiger partial charge in [0.1, 0.15) is 0 Å². The van der Waals surface area contributed by atoms with Gasteiger partial charge in [-0.15, -0.1) is 0 Å². The summed E-state index contributed by atoms with van der Waals surface area (Å²) in [6.45, 7) is 3.76. The van der Waals surface area contributed by atoms with Crippen LogP contribution in [-0.2, 0) is 0 Å². The number of rotatable bonds is 3. The molecule has 2 rings (SSSR count). The second-order valence-corrected chi connectivity index (χ2v) is 4.39. The van der Waals surface area contributed by atoms with Gasteiger partial charge in [0.15, 0.2) is 0 Å². The smallest absolute Gasteiger partial charge is 0.335 e. The van der Waals surface area contributed by atoms with E-state index >= 15 is 0 Å². The standard InChI is InChI=1S/C12H13NO4/c1-7-5-13(6-7)10-3-8(11(14)15)2-9(4-10)12(16)17/h2-4,7H,5-6H2,1H3,(H,14,15)(H,16,17). The maximum atomic E-state index is 10.9. The number of benzene rings is 1. The van der Waals surface area contributed by atoms with Gasteiger partial charge in [-0.2, -0.15) is 0 Å². The van der Waals surface area contributed by atoms with E-state index in [1.807, 2.05) is 4.90 Å². The minimum Gasteiger partial charge on any atom is -0.478 e. The topological polar surface area (TPSA) is 77.8 Å². The summed E-state index contributed by atoms with van der Waals surface area (Å²) in [5, 5.41) is 17.9. The normalized spacial score (nSPS) is 15.5. The summed E-state index contributed by atoms with van der Waals surface area (Å²) in [4.78, 5) is 23.8. The first kappa shape index (κ1) is 11.4. The lowest BCUT2D eigenvalue weighted by Crippen LogP contribution is -2.45. The maximum Gasteiger partial charge on any atom is 0.335 e. The maximum absolute atomic E-state index is 10.9. The summed E-state index contributed by atoms with van der Waals surface area (Å²) >= 11 is 0. The minimum absolute atomic E-state index is 0.0134. The zero-order valence-electron chi connectivity index (χ0n) is 9.38. The third-order valence-corrected chi connectivity index (χ3v) is 2.84. The van der Waals surface area contributed by atoms with E-state index < -0.39 is 11.9 Å². The second kappa shape index (κ2) is 4.08. The molecule has 0 bridgehead atoms. The van der Waals surface area contributed by atoms with Crippen molar-refractivity contribution < 1.29 is 19.8 Å². The Kier molecular flexibility index (Phi) is 2.75. The average Bonchev–Trinajstić information content (AvgIpc) is 2.24. The molecule has 2 N–H and O–H groups in total. The lowest BCUT2D eigenvalue weighted by molar-refractivity contribution is 0.0696. The molecule has 0 saturated carbocycles. The van der Waals surface area contributed by atoms with E-state index in [0.29, 0.717) is 11.6 Å². The molecule has 5 heteroatoms. The van der Waals surface area contributed by atoms with Crippen molar-refractivity contribution in [2.24, 2.45) is 5.92 Å². The summed E-state index contributed by atoms with van der Waals surface area (Å²) in [7, 11) is 0. The SMILES string of the molecule is CC1CN(c2cc(C(=O)O)cc(C(=O)O)c2)C1. The lowest BCUT2D eigenvalue weighted by atomic mass is 10.00. The van der Waals surface area contributed by atoms with Gasteiger partial charge in [-0.05, 0) is 24.1 Å². The lowest BCUT2D eigenvalue weighted by Gasteiger charge is -2.39. The van der Waals surface area contributed by atoms with Crippen molar-refractivity contribution in [1.82, 2.24) is 0 Å². The van der Waals surface area contributed by atoms with Gasteiger partial charge in [0.25, 0.3) is 0 Å². The second-order valence-electron chi connectivity index (χ2n) is 4.39. The van der Waals surface area contributed by atoms with E-state index in [1.165, 1.54) is 18.2 Å². The van der Waals surface area contributed by atoms with Crippen LogP contribution in [0.5, 0.6) is 0 Å². The monoisotopic (exact) mass is 235 g/mol. The quantitative estimate of drug-likeness (QED) is 0.830. The van der Waals surface area contributed by atoms with Crippen LogP contribution in [0.1, 0.15) is 27.6 Å². The molecule has 1 heterocycles. The van der Waals surface area contributed by atoms with Crippen LogP contribution in [0.4, 0.5) is 5.69 Å². The van der Waals surface area contributed by atoms with Crippen molar-refractivity contribution in [2.75, 3.05) is 18.0 Å². The molecule has 0 amide bonds. The molecule has 1 saturated heterocycles. The highest BCUT2D eigenvalue weighted by Crippen LogP contribution is 2.26. The van der Waals surface area contributed by atoms with Crippen LogP contribution in [0.3, 0.4) is 0 Å². The van der Waals surface area contributed by atoms with Crippen LogP contribution in [0.25, 0.3) is 0 Å². The first-order valence-corrected chi connectivity index (χ1v) is 5.34. The summed E-state index contributed by atoms with van der Waals surface area (Å²) < 4.78 is 0. The predicted octanol–water partition coefficient (Wildman–Crippen LogP) is 1.54. The van der Waals surface area contributed by atoms with Gasteiger partial charge >= 0.3 is 11.9 Å². The fourth-order valence-corrected chi connectivity index (χ4v) is 1.95. The number of nitrogens with zero attached hydrogens (tertiary/aromatic N) is 1. The van der Waals surface area contributed by atoms with Crippen LogP contribution in [0.15, 0.2) is 18.2 Å². The molecule has 1 aromatic rings. The Morgan fingerprint density at radius 3 is 1.94 bits per heavy atom. The Morgan fingerprint density at radius 1 is 1.12 bits per heavy atom. The molecule has 0 unspecified atom stereocenters. The van der Waals surface area contributed by atoms with E-state index in [9.17, 15) is 9.59 Å². The van der Waals surface area contributed by atoms with Crippen molar-refractivity contribution in [3.63, 3.8) is 0 Å². The number of aromatic carboxylic acids is 2. The Labute approximate surface area is 98.3 Å². The summed E-state index contributed by atoms with van der Waals surface area (Å²) in [6.07, 6.45) is 0. The van der Waals surface area contributed by atoms with Crippen molar-refractivity contribution >= 4 is 17.6 Å². The highest BCUT2D eigenvalue weighted by Gasteiger charge is 2.24. The Balaban J connectivity index is 2.38. The number of hydrogen-bond acceptors (Lipinski definition) is 3. The predicted molar refractivity (Wildman–Crippen MR) is 61.7 cm³/mol. The van der Waals surface area contributed by atoms with Crippen molar-refractivity contribution in [2.45, 2.75) is 6.92 Å². The molecule has 1 aromatic carbocycles. The average molecular weight is 235 g/mol. The molecule has 0 aromatic heterocycles. The largest absolute Gasteiger partial charge is 0.478 e. The number of carboxylic acid groups (broad SMARTS) is 2. The van der Waals surface area contributed by atoms with Crippen molar-refractivity contribution in [3.05, 3.63) is 29.3 Å². The molecule has 1 fully saturated rings. The van der Waals surface area contributed by atoms with Gasteiger partial charge in [0, 0.05) is 18.8 Å². The van der Waals surface area contributed by atoms with Crippen molar-refractivity contribution in [3.8, 4) is 0 Å². The minimum atomic E-state index is -1.11. The third kappa shape index (κ3) is 2.22. The molecule has 0 spiro atoms. The van der Waals surface area contributed by atoms with Crippen LogP contribution in [-0.4, -0.2) is 35.2 Å². The zero-order chi connectivity index (χ0) is 12.6. The Hall–Kier alpha value is -2.04. The highest BCUT2D eigenvalue weighted by molar-refractivity contribution is 5.95. The molecular weight excluding hydrogens is 222 g/mol. The van der Waals surface area contributed by atoms with Gasteiger partial charge in [-0.1, -0.05) is 6.92 Å². The van der Waals surface area contributed by atoms with Gasteiger partial charge in [0.2, 0.25) is 0 Å². The number of carboxylic acids is 2. The van der Waals surface area contributed by atoms with Crippen LogP contribution >= 0.6 is 0 Å². The van der Waals surface area contributed by atoms with E-state index in [-0.39, 0.29) is 11.1 Å².